The lowest BCUT2D eigenvalue weighted by atomic mass is 9.94. The summed E-state index contributed by atoms with van der Waals surface area (Å²) in [5, 5.41) is 12.0. The van der Waals surface area contributed by atoms with Gasteiger partial charge in [0.1, 0.15) is 28.1 Å². The molecule has 2 aliphatic rings. The van der Waals surface area contributed by atoms with Gasteiger partial charge in [0.25, 0.3) is 0 Å². The van der Waals surface area contributed by atoms with Gasteiger partial charge in [0.15, 0.2) is 17.1 Å². The number of amides is 1. The third-order valence-corrected chi connectivity index (χ3v) is 9.01. The molecule has 10 nitrogen and oxygen atoms in total. The predicted octanol–water partition coefficient (Wildman–Crippen LogP) is 6.74. The van der Waals surface area contributed by atoms with Crippen LogP contribution in [0.5, 0.6) is 23.0 Å². The van der Waals surface area contributed by atoms with E-state index in [9.17, 15) is 14.7 Å². The number of allylic oxidation sites excluding steroid dienone is 2. The summed E-state index contributed by atoms with van der Waals surface area (Å²) in [6.07, 6.45) is 5.32. The first kappa shape index (κ1) is 33.1. The van der Waals surface area contributed by atoms with Crippen LogP contribution in [0.15, 0.2) is 63.3 Å². The third-order valence-electron chi connectivity index (χ3n) is 9.01. The summed E-state index contributed by atoms with van der Waals surface area (Å²) in [5.41, 5.74) is 2.70. The summed E-state index contributed by atoms with van der Waals surface area (Å²) in [6.45, 7) is 11.7. The third kappa shape index (κ3) is 6.25. The summed E-state index contributed by atoms with van der Waals surface area (Å²) in [7, 11) is 5.19. The van der Waals surface area contributed by atoms with Gasteiger partial charge in [-0.1, -0.05) is 29.8 Å². The summed E-state index contributed by atoms with van der Waals surface area (Å²) in [4.78, 5) is 34.1. The molecule has 0 unspecified atom stereocenters. The van der Waals surface area contributed by atoms with E-state index in [4.69, 9.17) is 18.6 Å². The topological polar surface area (TPSA) is 105 Å². The zero-order valence-electron chi connectivity index (χ0n) is 28.7. The van der Waals surface area contributed by atoms with Crippen LogP contribution in [0.3, 0.4) is 0 Å². The lowest BCUT2D eigenvalue weighted by Gasteiger charge is -2.35. The van der Waals surface area contributed by atoms with E-state index in [-0.39, 0.29) is 39.2 Å². The van der Waals surface area contributed by atoms with Crippen LogP contribution in [0.25, 0.3) is 28.0 Å². The molecule has 1 saturated heterocycles. The van der Waals surface area contributed by atoms with Crippen LogP contribution in [0, 0.1) is 0 Å². The molecule has 0 radical (unpaired) electrons. The van der Waals surface area contributed by atoms with Crippen molar-refractivity contribution in [3.05, 3.63) is 81.0 Å². The van der Waals surface area contributed by atoms with Crippen LogP contribution in [-0.4, -0.2) is 74.0 Å². The Bertz CT molecular complexity index is 2000. The highest BCUT2D eigenvalue weighted by Crippen LogP contribution is 2.47. The Morgan fingerprint density at radius 1 is 1.08 bits per heavy atom. The molecule has 0 saturated carbocycles. The number of hydrogen-bond acceptors (Lipinski definition) is 9. The standard InChI is InChI=1S/C38H43N3O7/c1-23(2)13-14-25-30-28(21-29(35(25)45-7)47-37(44)40(6)24-11-9-8-10-12-24)46-36-27(22-41-19-17-39(5)18-20-41)34-26(15-16-38(3,4)48-34)32(42)31(36)33(30)43/h8-13,15-16,21,42H,14,17-20,22H2,1-7H3. The highest BCUT2D eigenvalue weighted by Gasteiger charge is 2.33. The van der Waals surface area contributed by atoms with Crippen molar-refractivity contribution in [2.45, 2.75) is 46.3 Å². The molecule has 4 aromatic rings. The normalized spacial score (nSPS) is 16.0. The van der Waals surface area contributed by atoms with Gasteiger partial charge in [-0.15, -0.1) is 0 Å². The van der Waals surface area contributed by atoms with Gasteiger partial charge in [-0.3, -0.25) is 14.6 Å². The number of phenols is 1. The zero-order valence-corrected chi connectivity index (χ0v) is 28.7. The number of ether oxygens (including phenoxy) is 3. The first-order valence-corrected chi connectivity index (χ1v) is 16.2. The van der Waals surface area contributed by atoms with Crippen molar-refractivity contribution in [3.63, 3.8) is 0 Å². The van der Waals surface area contributed by atoms with E-state index in [1.165, 1.54) is 18.1 Å². The van der Waals surface area contributed by atoms with E-state index < -0.39 is 17.1 Å². The number of piperazine rings is 1. The molecule has 1 fully saturated rings. The quantitative estimate of drug-likeness (QED) is 0.172. The molecule has 0 aliphatic carbocycles. The maximum Gasteiger partial charge on any atom is 0.419 e. The number of rotatable bonds is 7. The van der Waals surface area contributed by atoms with Gasteiger partial charge < -0.3 is 28.6 Å². The summed E-state index contributed by atoms with van der Waals surface area (Å²) in [6, 6.07) is 10.7. The fourth-order valence-corrected chi connectivity index (χ4v) is 6.27. The van der Waals surface area contributed by atoms with E-state index in [2.05, 4.69) is 16.8 Å². The number of aromatic hydroxyl groups is 1. The highest BCUT2D eigenvalue weighted by atomic mass is 16.6. The maximum absolute atomic E-state index is 14.7. The van der Waals surface area contributed by atoms with Crippen molar-refractivity contribution in [2.75, 3.05) is 52.3 Å². The average Bonchev–Trinajstić information content (AvgIpc) is 3.05. The Balaban J connectivity index is 1.61. The molecular weight excluding hydrogens is 610 g/mol. The van der Waals surface area contributed by atoms with Gasteiger partial charge in [-0.2, -0.15) is 0 Å². The Morgan fingerprint density at radius 3 is 2.46 bits per heavy atom. The number of para-hydroxylation sites is 1. The smallest absolute Gasteiger partial charge is 0.419 e. The predicted molar refractivity (Wildman–Crippen MR) is 189 cm³/mol. The first-order chi connectivity index (χ1) is 22.9. The SMILES string of the molecule is COc1c(OC(=O)N(C)c2ccccc2)cc2oc3c(CN4CCN(C)CC4)c4c(c(O)c3c(=O)c2c1CC=C(C)C)C=CC(C)(C)O4. The number of phenolic OH excluding ortho intramolecular Hbond substituents is 1. The number of carbonyl (C=O) groups excluding carboxylic acids is 1. The fraction of sp³-hybridized carbons (Fsp3) is 0.368. The molecule has 6 rings (SSSR count). The second kappa shape index (κ2) is 13.0. The molecule has 252 valence electrons. The van der Waals surface area contributed by atoms with Crippen LogP contribution in [-0.2, 0) is 13.0 Å². The second-order valence-electron chi connectivity index (χ2n) is 13.3. The minimum Gasteiger partial charge on any atom is -0.506 e. The molecule has 10 heteroatoms. The van der Waals surface area contributed by atoms with E-state index in [0.717, 1.165) is 31.8 Å². The minimum absolute atomic E-state index is 0.0763. The van der Waals surface area contributed by atoms with Crippen molar-refractivity contribution >= 4 is 39.8 Å². The molecule has 0 atom stereocenters. The molecule has 0 spiro atoms. The van der Waals surface area contributed by atoms with Crippen LogP contribution in [0.1, 0.15) is 44.4 Å². The highest BCUT2D eigenvalue weighted by molar-refractivity contribution is 6.01. The number of methoxy groups -OCH3 is 1. The van der Waals surface area contributed by atoms with E-state index >= 15 is 0 Å². The molecule has 1 N–H and O–H groups in total. The number of fused-ring (bicyclic) bond motifs is 3. The first-order valence-electron chi connectivity index (χ1n) is 16.2. The number of carbonyl (C=O) groups is 1. The van der Waals surface area contributed by atoms with Crippen molar-refractivity contribution < 1.29 is 28.5 Å². The summed E-state index contributed by atoms with van der Waals surface area (Å²) >= 11 is 0. The molecule has 0 bridgehead atoms. The van der Waals surface area contributed by atoms with Crippen molar-refractivity contribution in [2.24, 2.45) is 0 Å². The largest absolute Gasteiger partial charge is 0.506 e. The Kier molecular flexibility index (Phi) is 8.98. The van der Waals surface area contributed by atoms with Gasteiger partial charge in [0.05, 0.1) is 23.6 Å². The number of hydrogen-bond donors (Lipinski definition) is 1. The van der Waals surface area contributed by atoms with Crippen molar-refractivity contribution in [1.82, 2.24) is 9.80 Å². The van der Waals surface area contributed by atoms with Crippen LogP contribution >= 0.6 is 0 Å². The number of benzene rings is 3. The summed E-state index contributed by atoms with van der Waals surface area (Å²) < 4.78 is 24.9. The molecule has 48 heavy (non-hydrogen) atoms. The Morgan fingerprint density at radius 2 is 1.79 bits per heavy atom. The van der Waals surface area contributed by atoms with Crippen molar-refractivity contribution in [3.8, 4) is 23.0 Å². The lowest BCUT2D eigenvalue weighted by molar-refractivity contribution is 0.136. The Hall–Kier alpha value is -4.80. The van der Waals surface area contributed by atoms with E-state index in [1.807, 2.05) is 64.1 Å². The van der Waals surface area contributed by atoms with Gasteiger partial charge in [0.2, 0.25) is 5.43 Å². The van der Waals surface area contributed by atoms with Gasteiger partial charge in [-0.25, -0.2) is 4.79 Å². The van der Waals surface area contributed by atoms with Crippen LogP contribution < -0.4 is 24.5 Å². The summed E-state index contributed by atoms with van der Waals surface area (Å²) in [5.74, 6) is 0.641. The monoisotopic (exact) mass is 653 g/mol. The van der Waals surface area contributed by atoms with Gasteiger partial charge >= 0.3 is 6.09 Å². The van der Waals surface area contributed by atoms with Gasteiger partial charge in [-0.05, 0) is 65.4 Å². The average molecular weight is 654 g/mol. The minimum atomic E-state index is -0.641. The molecular formula is C38H43N3O7. The molecule has 2 aliphatic heterocycles. The number of anilines is 1. The zero-order chi connectivity index (χ0) is 34.3. The Labute approximate surface area is 280 Å². The maximum atomic E-state index is 14.7. The van der Waals surface area contributed by atoms with Crippen LogP contribution in [0.4, 0.5) is 10.5 Å². The number of likely N-dealkylation sites (N-methyl/N-ethyl adjacent to an activating group) is 1. The second-order valence-corrected chi connectivity index (χ2v) is 13.3. The molecule has 3 heterocycles. The number of nitrogens with zero attached hydrogens (tertiary/aromatic N) is 3. The molecule has 1 aromatic heterocycles. The molecule has 3 aromatic carbocycles. The lowest BCUT2D eigenvalue weighted by Crippen LogP contribution is -2.44. The van der Waals surface area contributed by atoms with E-state index in [0.29, 0.717) is 41.1 Å². The fourth-order valence-electron chi connectivity index (χ4n) is 6.27. The van der Waals surface area contributed by atoms with Crippen molar-refractivity contribution in [1.29, 1.82) is 0 Å². The van der Waals surface area contributed by atoms with Crippen LogP contribution in [0.2, 0.25) is 0 Å². The molecule has 1 amide bonds. The van der Waals surface area contributed by atoms with Gasteiger partial charge in [0, 0.05) is 57.1 Å². The van der Waals surface area contributed by atoms with E-state index in [1.54, 1.807) is 19.2 Å².